The molecule has 0 atom stereocenters. The van der Waals surface area contributed by atoms with Gasteiger partial charge in [-0.05, 0) is 49.2 Å². The quantitative estimate of drug-likeness (QED) is 0.513. The molecule has 33 heavy (non-hydrogen) atoms. The van der Waals surface area contributed by atoms with Crippen molar-refractivity contribution in [3.63, 3.8) is 0 Å². The van der Waals surface area contributed by atoms with Crippen LogP contribution in [0.4, 0.5) is 16.2 Å². The summed E-state index contributed by atoms with van der Waals surface area (Å²) in [6.07, 6.45) is 2.96. The Bertz CT molecular complexity index is 1190. The first-order valence-corrected chi connectivity index (χ1v) is 12.4. The molecular formula is C22H23ClN4O5S. The van der Waals surface area contributed by atoms with Gasteiger partial charge in [0.05, 0.1) is 15.6 Å². The van der Waals surface area contributed by atoms with E-state index in [1.165, 1.54) is 24.3 Å². The molecule has 1 saturated heterocycles. The van der Waals surface area contributed by atoms with Crippen molar-refractivity contribution in [1.82, 2.24) is 10.2 Å². The number of para-hydroxylation sites is 1. The van der Waals surface area contributed by atoms with E-state index in [2.05, 4.69) is 15.4 Å². The number of imide groups is 1. The first-order valence-electron chi connectivity index (χ1n) is 10.5. The van der Waals surface area contributed by atoms with Crippen LogP contribution in [0.1, 0.15) is 32.1 Å². The summed E-state index contributed by atoms with van der Waals surface area (Å²) in [6.45, 7) is -0.0214. The van der Waals surface area contributed by atoms with Crippen LogP contribution >= 0.6 is 11.6 Å². The topological polar surface area (TPSA) is 125 Å². The molecule has 2 aliphatic rings. The molecule has 2 aromatic carbocycles. The molecule has 2 aromatic rings. The van der Waals surface area contributed by atoms with E-state index in [0.717, 1.165) is 17.7 Å². The molecule has 4 amide bonds. The number of carbonyl (C=O) groups is 3. The highest BCUT2D eigenvalue weighted by atomic mass is 35.5. The third kappa shape index (κ3) is 4.81. The third-order valence-corrected chi connectivity index (χ3v) is 7.54. The number of hydrogen-bond acceptors (Lipinski definition) is 5. The number of rotatable bonds is 7. The zero-order valence-electron chi connectivity index (χ0n) is 17.6. The van der Waals surface area contributed by atoms with Crippen molar-refractivity contribution in [2.24, 2.45) is 0 Å². The second kappa shape index (κ2) is 9.03. The maximum Gasteiger partial charge on any atom is 0.325 e. The number of nitrogens with one attached hydrogen (secondary N) is 3. The van der Waals surface area contributed by atoms with Gasteiger partial charge in [0.2, 0.25) is 5.91 Å². The molecule has 1 saturated carbocycles. The van der Waals surface area contributed by atoms with Crippen LogP contribution < -0.4 is 15.4 Å². The Morgan fingerprint density at radius 2 is 1.73 bits per heavy atom. The molecule has 0 unspecified atom stereocenters. The second-order valence-electron chi connectivity index (χ2n) is 8.08. The Morgan fingerprint density at radius 1 is 1.06 bits per heavy atom. The van der Waals surface area contributed by atoms with Crippen LogP contribution in [0.3, 0.4) is 0 Å². The standard InChI is InChI=1S/C22H23ClN4O5S/c23-17-5-1-2-6-18(17)26-33(31,32)16-9-7-15(8-10-16)24-19(28)11-14-27-20(29)22(25-21(27)30)12-3-4-13-22/h1-2,5-10,26H,3-4,11-14H2,(H,24,28)(H,25,30). The molecule has 3 N–H and O–H groups in total. The van der Waals surface area contributed by atoms with Gasteiger partial charge in [-0.25, -0.2) is 13.2 Å². The lowest BCUT2D eigenvalue weighted by Gasteiger charge is -2.19. The summed E-state index contributed by atoms with van der Waals surface area (Å²) in [7, 11) is -3.86. The van der Waals surface area contributed by atoms with E-state index in [9.17, 15) is 22.8 Å². The Kier molecular flexibility index (Phi) is 6.31. The first kappa shape index (κ1) is 23.1. The summed E-state index contributed by atoms with van der Waals surface area (Å²) < 4.78 is 27.6. The Labute approximate surface area is 196 Å². The number of hydrogen-bond donors (Lipinski definition) is 3. The molecule has 9 nitrogen and oxygen atoms in total. The molecule has 1 aliphatic heterocycles. The summed E-state index contributed by atoms with van der Waals surface area (Å²) in [5, 5.41) is 5.70. The van der Waals surface area contributed by atoms with Gasteiger partial charge in [-0.1, -0.05) is 36.6 Å². The Balaban J connectivity index is 1.33. The van der Waals surface area contributed by atoms with Crippen LogP contribution in [-0.4, -0.2) is 43.2 Å². The van der Waals surface area contributed by atoms with E-state index >= 15 is 0 Å². The highest BCUT2D eigenvalue weighted by Crippen LogP contribution is 2.35. The van der Waals surface area contributed by atoms with Gasteiger partial charge < -0.3 is 10.6 Å². The number of urea groups is 1. The van der Waals surface area contributed by atoms with Crippen molar-refractivity contribution in [1.29, 1.82) is 0 Å². The number of amides is 4. The molecule has 1 heterocycles. The lowest BCUT2D eigenvalue weighted by atomic mass is 9.98. The van der Waals surface area contributed by atoms with Gasteiger partial charge in [0.15, 0.2) is 0 Å². The van der Waals surface area contributed by atoms with Crippen LogP contribution in [-0.2, 0) is 19.6 Å². The summed E-state index contributed by atoms with van der Waals surface area (Å²) in [5.41, 5.74) is -0.148. The number of benzene rings is 2. The highest BCUT2D eigenvalue weighted by Gasteiger charge is 2.52. The monoisotopic (exact) mass is 490 g/mol. The normalized spacial score (nSPS) is 17.3. The smallest absolute Gasteiger partial charge is 0.325 e. The minimum Gasteiger partial charge on any atom is -0.326 e. The Morgan fingerprint density at radius 3 is 2.39 bits per heavy atom. The first-order chi connectivity index (χ1) is 15.7. The average Bonchev–Trinajstić information content (AvgIpc) is 3.33. The van der Waals surface area contributed by atoms with Gasteiger partial charge in [0.25, 0.3) is 15.9 Å². The predicted molar refractivity (Wildman–Crippen MR) is 123 cm³/mol. The number of halogens is 1. The summed E-state index contributed by atoms with van der Waals surface area (Å²) in [6, 6.07) is 11.6. The van der Waals surface area contributed by atoms with Gasteiger partial charge in [-0.2, -0.15) is 0 Å². The molecule has 0 radical (unpaired) electrons. The van der Waals surface area contributed by atoms with E-state index < -0.39 is 27.5 Å². The van der Waals surface area contributed by atoms with Gasteiger partial charge >= 0.3 is 6.03 Å². The number of carbonyl (C=O) groups excluding carboxylic acids is 3. The second-order valence-corrected chi connectivity index (χ2v) is 10.2. The molecule has 0 bridgehead atoms. The maximum absolute atomic E-state index is 12.6. The fourth-order valence-electron chi connectivity index (χ4n) is 4.10. The number of sulfonamides is 1. The zero-order chi connectivity index (χ0) is 23.6. The van der Waals surface area contributed by atoms with Gasteiger partial charge in [0, 0.05) is 18.7 Å². The minimum absolute atomic E-state index is 0.00150. The molecule has 11 heteroatoms. The minimum atomic E-state index is -3.86. The maximum atomic E-state index is 12.6. The van der Waals surface area contributed by atoms with Crippen molar-refractivity contribution in [2.75, 3.05) is 16.6 Å². The Hall–Kier alpha value is -3.11. The largest absolute Gasteiger partial charge is 0.326 e. The van der Waals surface area contributed by atoms with E-state index in [4.69, 9.17) is 11.6 Å². The molecule has 0 aromatic heterocycles. The van der Waals surface area contributed by atoms with E-state index in [1.54, 1.807) is 24.3 Å². The fraction of sp³-hybridized carbons (Fsp3) is 0.318. The van der Waals surface area contributed by atoms with Crippen LogP contribution in [0.25, 0.3) is 0 Å². The molecule has 1 aliphatic carbocycles. The van der Waals surface area contributed by atoms with Crippen LogP contribution in [0.2, 0.25) is 5.02 Å². The van der Waals surface area contributed by atoms with Gasteiger partial charge in [-0.15, -0.1) is 0 Å². The molecule has 1 spiro atoms. The van der Waals surface area contributed by atoms with Crippen molar-refractivity contribution in [3.05, 3.63) is 53.6 Å². The van der Waals surface area contributed by atoms with Crippen molar-refractivity contribution in [3.8, 4) is 0 Å². The SMILES string of the molecule is O=C(CCN1C(=O)NC2(CCCC2)C1=O)Nc1ccc(S(=O)(=O)Nc2ccccc2Cl)cc1. The number of anilines is 2. The van der Waals surface area contributed by atoms with Crippen LogP contribution in [0.15, 0.2) is 53.4 Å². The van der Waals surface area contributed by atoms with E-state index in [-0.39, 0.29) is 34.5 Å². The van der Waals surface area contributed by atoms with E-state index in [0.29, 0.717) is 18.5 Å². The average molecular weight is 491 g/mol. The molecular weight excluding hydrogens is 468 g/mol. The predicted octanol–water partition coefficient (Wildman–Crippen LogP) is 3.33. The molecule has 4 rings (SSSR count). The number of nitrogens with zero attached hydrogens (tertiary/aromatic N) is 1. The lowest BCUT2D eigenvalue weighted by Crippen LogP contribution is -2.44. The van der Waals surface area contributed by atoms with Gasteiger partial charge in [-0.3, -0.25) is 19.2 Å². The summed E-state index contributed by atoms with van der Waals surface area (Å²) in [5.74, 6) is -0.661. The molecule has 174 valence electrons. The van der Waals surface area contributed by atoms with Crippen molar-refractivity contribution < 1.29 is 22.8 Å². The highest BCUT2D eigenvalue weighted by molar-refractivity contribution is 7.92. The molecule has 2 fully saturated rings. The lowest BCUT2D eigenvalue weighted by molar-refractivity contribution is -0.131. The van der Waals surface area contributed by atoms with E-state index in [1.807, 2.05) is 0 Å². The van der Waals surface area contributed by atoms with Crippen molar-refractivity contribution >= 4 is 50.8 Å². The summed E-state index contributed by atoms with van der Waals surface area (Å²) in [4.78, 5) is 38.3. The zero-order valence-corrected chi connectivity index (χ0v) is 19.2. The van der Waals surface area contributed by atoms with Crippen molar-refractivity contribution in [2.45, 2.75) is 42.5 Å². The van der Waals surface area contributed by atoms with Gasteiger partial charge in [0.1, 0.15) is 5.54 Å². The van der Waals surface area contributed by atoms with Crippen LogP contribution in [0, 0.1) is 0 Å². The summed E-state index contributed by atoms with van der Waals surface area (Å²) >= 11 is 6.01. The third-order valence-electron chi connectivity index (χ3n) is 5.83. The fourth-order valence-corrected chi connectivity index (χ4v) is 5.42. The van der Waals surface area contributed by atoms with Crippen LogP contribution in [0.5, 0.6) is 0 Å².